The smallest absolute Gasteiger partial charge is 0.317 e. The van der Waals surface area contributed by atoms with E-state index in [9.17, 15) is 4.79 Å². The Balaban J connectivity index is 1.33. The van der Waals surface area contributed by atoms with E-state index >= 15 is 0 Å². The summed E-state index contributed by atoms with van der Waals surface area (Å²) in [4.78, 5) is 14.4. The lowest BCUT2D eigenvalue weighted by molar-refractivity contribution is 0.00931. The first-order valence-electron chi connectivity index (χ1n) is 9.03. The Morgan fingerprint density at radius 3 is 2.64 bits per heavy atom. The van der Waals surface area contributed by atoms with E-state index in [1.165, 1.54) is 25.0 Å². The van der Waals surface area contributed by atoms with Gasteiger partial charge in [0.2, 0.25) is 0 Å². The Bertz CT molecular complexity index is 368. The van der Waals surface area contributed by atoms with Crippen LogP contribution in [0.2, 0.25) is 0 Å². The number of hydrogen-bond acceptors (Lipinski definition) is 3. The van der Waals surface area contributed by atoms with Crippen molar-refractivity contribution in [3.05, 3.63) is 0 Å². The number of carbonyl (C=O) groups is 1. The number of urea groups is 1. The Morgan fingerprint density at radius 1 is 1.18 bits per heavy atom. The molecule has 0 aromatic heterocycles. The standard InChI is InChI=1S/C17H30N2O2S/c1-2-22-16-6-5-14(11-16)18-17(20)19-9-7-15(8-10-19)21-12-13-3-4-13/h13-16H,2-12H2,1H3,(H,18,20)/t14-,16-/m0/s1. The van der Waals surface area contributed by atoms with Gasteiger partial charge in [0, 0.05) is 31.0 Å². The van der Waals surface area contributed by atoms with Crippen LogP contribution in [0, 0.1) is 5.92 Å². The average Bonchev–Trinajstić information content (AvgIpc) is 3.26. The van der Waals surface area contributed by atoms with Crippen LogP contribution in [0.1, 0.15) is 51.9 Å². The first kappa shape index (κ1) is 16.4. The number of nitrogens with zero attached hydrogens (tertiary/aromatic N) is 1. The molecule has 0 bridgehead atoms. The molecule has 0 spiro atoms. The average molecular weight is 327 g/mol. The summed E-state index contributed by atoms with van der Waals surface area (Å²) in [5, 5.41) is 3.99. The molecule has 0 unspecified atom stereocenters. The molecule has 2 saturated carbocycles. The van der Waals surface area contributed by atoms with E-state index in [1.807, 2.05) is 16.7 Å². The Hall–Kier alpha value is -0.420. The zero-order chi connectivity index (χ0) is 15.4. The molecule has 22 heavy (non-hydrogen) atoms. The lowest BCUT2D eigenvalue weighted by Gasteiger charge is -2.32. The van der Waals surface area contributed by atoms with Crippen molar-refractivity contribution in [3.63, 3.8) is 0 Å². The third-order valence-corrected chi connectivity index (χ3v) is 6.34. The third-order valence-electron chi connectivity index (χ3n) is 5.11. The fourth-order valence-corrected chi connectivity index (χ4v) is 4.65. The van der Waals surface area contributed by atoms with Crippen LogP contribution in [0.15, 0.2) is 0 Å². The SMILES string of the molecule is CCS[C@H]1CC[C@H](NC(=O)N2CCC(OCC3CC3)CC2)C1. The number of thioether (sulfide) groups is 1. The van der Waals surface area contributed by atoms with E-state index in [1.54, 1.807) is 0 Å². The van der Waals surface area contributed by atoms with Gasteiger partial charge in [0.1, 0.15) is 0 Å². The van der Waals surface area contributed by atoms with Crippen molar-refractivity contribution in [2.45, 2.75) is 69.3 Å². The number of rotatable bonds is 6. The van der Waals surface area contributed by atoms with Crippen molar-refractivity contribution < 1.29 is 9.53 Å². The van der Waals surface area contributed by atoms with Crippen LogP contribution in [0.4, 0.5) is 4.79 Å². The second-order valence-corrected chi connectivity index (χ2v) is 8.58. The summed E-state index contributed by atoms with van der Waals surface area (Å²) in [5.74, 6) is 2.01. The number of amides is 2. The molecule has 0 aromatic carbocycles. The maximum atomic E-state index is 12.4. The minimum atomic E-state index is 0.146. The normalized spacial score (nSPS) is 29.8. The molecule has 2 amide bonds. The van der Waals surface area contributed by atoms with Gasteiger partial charge in [-0.3, -0.25) is 0 Å². The lowest BCUT2D eigenvalue weighted by Crippen LogP contribution is -2.48. The van der Waals surface area contributed by atoms with Crippen LogP contribution < -0.4 is 5.32 Å². The van der Waals surface area contributed by atoms with Gasteiger partial charge in [-0.1, -0.05) is 6.92 Å². The third kappa shape index (κ3) is 4.79. The largest absolute Gasteiger partial charge is 0.378 e. The van der Waals surface area contributed by atoms with E-state index in [2.05, 4.69) is 12.2 Å². The van der Waals surface area contributed by atoms with Gasteiger partial charge in [0.25, 0.3) is 0 Å². The summed E-state index contributed by atoms with van der Waals surface area (Å²) in [6.07, 6.45) is 8.61. The maximum absolute atomic E-state index is 12.4. The van der Waals surface area contributed by atoms with Crippen LogP contribution in [-0.2, 0) is 4.74 Å². The summed E-state index contributed by atoms with van der Waals surface area (Å²) >= 11 is 2.04. The quantitative estimate of drug-likeness (QED) is 0.814. The van der Waals surface area contributed by atoms with Gasteiger partial charge in [-0.15, -0.1) is 0 Å². The maximum Gasteiger partial charge on any atom is 0.317 e. The molecule has 0 radical (unpaired) electrons. The lowest BCUT2D eigenvalue weighted by atomic mass is 10.1. The minimum Gasteiger partial charge on any atom is -0.378 e. The predicted molar refractivity (Wildman–Crippen MR) is 91.4 cm³/mol. The highest BCUT2D eigenvalue weighted by molar-refractivity contribution is 7.99. The first-order chi connectivity index (χ1) is 10.7. The fraction of sp³-hybridized carbons (Fsp3) is 0.941. The Labute approximate surface area is 138 Å². The molecule has 1 saturated heterocycles. The number of hydrogen-bond donors (Lipinski definition) is 1. The molecule has 0 aromatic rings. The molecular weight excluding hydrogens is 296 g/mol. The summed E-state index contributed by atoms with van der Waals surface area (Å²) < 4.78 is 5.95. The van der Waals surface area contributed by atoms with E-state index in [0.29, 0.717) is 12.1 Å². The van der Waals surface area contributed by atoms with Crippen LogP contribution >= 0.6 is 11.8 Å². The highest BCUT2D eigenvalue weighted by Crippen LogP contribution is 2.31. The van der Waals surface area contributed by atoms with E-state index in [0.717, 1.165) is 56.5 Å². The van der Waals surface area contributed by atoms with Gasteiger partial charge in [0.15, 0.2) is 0 Å². The zero-order valence-corrected chi connectivity index (χ0v) is 14.6. The Morgan fingerprint density at radius 2 is 1.95 bits per heavy atom. The van der Waals surface area contributed by atoms with Crippen molar-refractivity contribution in [1.29, 1.82) is 0 Å². The topological polar surface area (TPSA) is 41.6 Å². The Kier molecular flexibility index (Phi) is 5.91. The molecule has 5 heteroatoms. The molecule has 126 valence electrons. The molecule has 2 aliphatic carbocycles. The zero-order valence-electron chi connectivity index (χ0n) is 13.8. The number of nitrogens with one attached hydrogen (secondary N) is 1. The molecule has 1 aliphatic heterocycles. The summed E-state index contributed by atoms with van der Waals surface area (Å²) in [5.41, 5.74) is 0. The monoisotopic (exact) mass is 326 g/mol. The molecule has 4 nitrogen and oxygen atoms in total. The highest BCUT2D eigenvalue weighted by Gasteiger charge is 2.30. The molecular formula is C17H30N2O2S. The molecule has 3 aliphatic rings. The second kappa shape index (κ2) is 7.91. The highest BCUT2D eigenvalue weighted by atomic mass is 32.2. The predicted octanol–water partition coefficient (Wildman–Crippen LogP) is 3.26. The van der Waals surface area contributed by atoms with Crippen molar-refractivity contribution in [2.75, 3.05) is 25.4 Å². The van der Waals surface area contributed by atoms with Gasteiger partial charge >= 0.3 is 6.03 Å². The van der Waals surface area contributed by atoms with Crippen molar-refractivity contribution in [3.8, 4) is 0 Å². The second-order valence-electron chi connectivity index (χ2n) is 7.00. The van der Waals surface area contributed by atoms with Gasteiger partial charge < -0.3 is 15.0 Å². The van der Waals surface area contributed by atoms with Crippen LogP contribution in [0.25, 0.3) is 0 Å². The van der Waals surface area contributed by atoms with Crippen LogP contribution in [-0.4, -0.2) is 53.8 Å². The molecule has 1 N–H and O–H groups in total. The van der Waals surface area contributed by atoms with Gasteiger partial charge in [0.05, 0.1) is 6.10 Å². The van der Waals surface area contributed by atoms with Crippen LogP contribution in [0.3, 0.4) is 0 Å². The number of carbonyl (C=O) groups excluding carboxylic acids is 1. The summed E-state index contributed by atoms with van der Waals surface area (Å²) in [7, 11) is 0. The number of piperidine rings is 1. The molecule has 3 fully saturated rings. The number of likely N-dealkylation sites (tertiary alicyclic amines) is 1. The minimum absolute atomic E-state index is 0.146. The van der Waals surface area contributed by atoms with Gasteiger partial charge in [-0.25, -0.2) is 4.79 Å². The van der Waals surface area contributed by atoms with E-state index < -0.39 is 0 Å². The van der Waals surface area contributed by atoms with Gasteiger partial charge in [-0.05, 0) is 56.6 Å². The fourth-order valence-electron chi connectivity index (χ4n) is 3.51. The number of ether oxygens (including phenoxy) is 1. The summed E-state index contributed by atoms with van der Waals surface area (Å²) in [6.45, 7) is 4.85. The van der Waals surface area contributed by atoms with Crippen molar-refractivity contribution in [1.82, 2.24) is 10.2 Å². The van der Waals surface area contributed by atoms with Crippen molar-refractivity contribution in [2.24, 2.45) is 5.92 Å². The van der Waals surface area contributed by atoms with Crippen molar-refractivity contribution >= 4 is 17.8 Å². The molecule has 1 heterocycles. The molecule has 2 atom stereocenters. The molecule has 3 rings (SSSR count). The summed E-state index contributed by atoms with van der Waals surface area (Å²) in [6, 6.07) is 0.535. The van der Waals surface area contributed by atoms with E-state index in [4.69, 9.17) is 4.74 Å². The van der Waals surface area contributed by atoms with Gasteiger partial charge in [-0.2, -0.15) is 11.8 Å². The van der Waals surface area contributed by atoms with E-state index in [-0.39, 0.29) is 6.03 Å². The first-order valence-corrected chi connectivity index (χ1v) is 10.1. The van der Waals surface area contributed by atoms with Crippen LogP contribution in [0.5, 0.6) is 0 Å².